The molecule has 0 radical (unpaired) electrons. The summed E-state index contributed by atoms with van der Waals surface area (Å²) in [7, 11) is 0. The molecular weight excluding hydrogens is 202 g/mol. The van der Waals surface area contributed by atoms with E-state index in [9.17, 15) is 0 Å². The fourth-order valence-electron chi connectivity index (χ4n) is 2.81. The van der Waals surface area contributed by atoms with Crippen LogP contribution in [0, 0.1) is 0 Å². The van der Waals surface area contributed by atoms with Crippen molar-refractivity contribution >= 4 is 11.8 Å². The van der Waals surface area contributed by atoms with Crippen LogP contribution in [0.1, 0.15) is 57.8 Å². The SMILES string of the molecule is C1CCC(SCCCC2CCCN2)CC1. The number of rotatable bonds is 5. The summed E-state index contributed by atoms with van der Waals surface area (Å²) in [6.07, 6.45) is 13.1. The maximum absolute atomic E-state index is 3.59. The minimum absolute atomic E-state index is 0.858. The van der Waals surface area contributed by atoms with Gasteiger partial charge in [-0.05, 0) is 50.8 Å². The molecule has 2 aliphatic rings. The highest BCUT2D eigenvalue weighted by molar-refractivity contribution is 7.99. The van der Waals surface area contributed by atoms with Gasteiger partial charge in [-0.25, -0.2) is 0 Å². The van der Waals surface area contributed by atoms with Gasteiger partial charge in [0.2, 0.25) is 0 Å². The van der Waals surface area contributed by atoms with Gasteiger partial charge in [0.1, 0.15) is 0 Å². The normalized spacial score (nSPS) is 28.4. The summed E-state index contributed by atoms with van der Waals surface area (Å²) in [4.78, 5) is 0. The second-order valence-corrected chi connectivity index (χ2v) is 6.47. The zero-order valence-electron chi connectivity index (χ0n) is 9.84. The van der Waals surface area contributed by atoms with Gasteiger partial charge in [0.15, 0.2) is 0 Å². The topological polar surface area (TPSA) is 12.0 Å². The third kappa shape index (κ3) is 4.36. The van der Waals surface area contributed by atoms with E-state index in [1.807, 2.05) is 0 Å². The van der Waals surface area contributed by atoms with Crippen molar-refractivity contribution in [1.29, 1.82) is 0 Å². The maximum atomic E-state index is 3.59. The van der Waals surface area contributed by atoms with Crippen LogP contribution < -0.4 is 5.32 Å². The molecule has 1 N–H and O–H groups in total. The second kappa shape index (κ2) is 6.80. The van der Waals surface area contributed by atoms with Crippen molar-refractivity contribution < 1.29 is 0 Å². The van der Waals surface area contributed by atoms with Crippen LogP contribution in [0.4, 0.5) is 0 Å². The predicted octanol–water partition coefficient (Wildman–Crippen LogP) is 3.58. The van der Waals surface area contributed by atoms with Gasteiger partial charge >= 0.3 is 0 Å². The minimum atomic E-state index is 0.858. The van der Waals surface area contributed by atoms with Crippen molar-refractivity contribution in [3.05, 3.63) is 0 Å². The molecular formula is C13H25NS. The van der Waals surface area contributed by atoms with E-state index in [0.29, 0.717) is 0 Å². The first-order valence-electron chi connectivity index (χ1n) is 6.80. The predicted molar refractivity (Wildman–Crippen MR) is 69.6 cm³/mol. The summed E-state index contributed by atoms with van der Waals surface area (Å²) >= 11 is 2.25. The van der Waals surface area contributed by atoms with Crippen molar-refractivity contribution in [1.82, 2.24) is 5.32 Å². The molecule has 1 saturated heterocycles. The van der Waals surface area contributed by atoms with Gasteiger partial charge in [-0.2, -0.15) is 11.8 Å². The van der Waals surface area contributed by atoms with Gasteiger partial charge in [0.25, 0.3) is 0 Å². The van der Waals surface area contributed by atoms with E-state index in [1.165, 1.54) is 70.1 Å². The van der Waals surface area contributed by atoms with Gasteiger partial charge in [-0.15, -0.1) is 0 Å². The molecule has 1 atom stereocenters. The Kier molecular flexibility index (Phi) is 5.34. The summed E-state index contributed by atoms with van der Waals surface area (Å²) in [6, 6.07) is 0.858. The Bertz CT molecular complexity index is 160. The molecule has 0 aromatic carbocycles. The molecule has 1 unspecified atom stereocenters. The zero-order valence-corrected chi connectivity index (χ0v) is 10.7. The molecule has 15 heavy (non-hydrogen) atoms. The lowest BCUT2D eigenvalue weighted by Gasteiger charge is -2.21. The molecule has 0 aromatic rings. The number of hydrogen-bond donors (Lipinski definition) is 1. The van der Waals surface area contributed by atoms with E-state index < -0.39 is 0 Å². The fourth-order valence-corrected chi connectivity index (χ4v) is 4.15. The van der Waals surface area contributed by atoms with Gasteiger partial charge in [0.05, 0.1) is 0 Å². The zero-order chi connectivity index (χ0) is 10.3. The molecule has 0 spiro atoms. The Hall–Kier alpha value is 0.310. The Morgan fingerprint density at radius 3 is 2.60 bits per heavy atom. The quantitative estimate of drug-likeness (QED) is 0.720. The first-order chi connectivity index (χ1) is 7.45. The van der Waals surface area contributed by atoms with Gasteiger partial charge in [-0.3, -0.25) is 0 Å². The molecule has 2 rings (SSSR count). The highest BCUT2D eigenvalue weighted by atomic mass is 32.2. The standard InChI is InChI=1S/C13H25NS/c1-2-8-13(9-3-1)15-11-5-7-12-6-4-10-14-12/h12-14H,1-11H2. The summed E-state index contributed by atoms with van der Waals surface area (Å²) in [5, 5.41) is 4.60. The molecule has 1 aliphatic carbocycles. The lowest BCUT2D eigenvalue weighted by atomic mass is 10.0. The lowest BCUT2D eigenvalue weighted by Crippen LogP contribution is -2.21. The monoisotopic (exact) mass is 227 g/mol. The van der Waals surface area contributed by atoms with Gasteiger partial charge in [-0.1, -0.05) is 19.3 Å². The molecule has 1 saturated carbocycles. The molecule has 0 amide bonds. The summed E-state index contributed by atoms with van der Waals surface area (Å²) in [6.45, 7) is 1.26. The maximum Gasteiger partial charge on any atom is 0.00678 e. The molecule has 0 aromatic heterocycles. The highest BCUT2D eigenvalue weighted by Gasteiger charge is 2.15. The molecule has 1 aliphatic heterocycles. The average molecular weight is 227 g/mol. The smallest absolute Gasteiger partial charge is 0.00678 e. The summed E-state index contributed by atoms with van der Waals surface area (Å²) < 4.78 is 0. The highest BCUT2D eigenvalue weighted by Crippen LogP contribution is 2.29. The van der Waals surface area contributed by atoms with Crippen LogP contribution in [0.15, 0.2) is 0 Å². The van der Waals surface area contributed by atoms with E-state index in [2.05, 4.69) is 17.1 Å². The Morgan fingerprint density at radius 2 is 1.87 bits per heavy atom. The third-order valence-corrected chi connectivity index (χ3v) is 5.23. The van der Waals surface area contributed by atoms with Gasteiger partial charge in [0, 0.05) is 11.3 Å². The number of nitrogens with one attached hydrogen (secondary N) is 1. The van der Waals surface area contributed by atoms with E-state index in [-0.39, 0.29) is 0 Å². The molecule has 1 heterocycles. The van der Waals surface area contributed by atoms with Crippen LogP contribution in [0.2, 0.25) is 0 Å². The third-order valence-electron chi connectivity index (χ3n) is 3.77. The summed E-state index contributed by atoms with van der Waals surface area (Å²) in [5.41, 5.74) is 0. The second-order valence-electron chi connectivity index (χ2n) is 5.07. The molecule has 88 valence electrons. The fraction of sp³-hybridized carbons (Fsp3) is 1.00. The lowest BCUT2D eigenvalue weighted by molar-refractivity contribution is 0.514. The minimum Gasteiger partial charge on any atom is -0.314 e. The van der Waals surface area contributed by atoms with E-state index in [0.717, 1.165) is 11.3 Å². The molecule has 0 bridgehead atoms. The van der Waals surface area contributed by atoms with Crippen LogP contribution >= 0.6 is 11.8 Å². The van der Waals surface area contributed by atoms with Crippen molar-refractivity contribution in [2.24, 2.45) is 0 Å². The first-order valence-corrected chi connectivity index (χ1v) is 7.85. The molecule has 2 fully saturated rings. The van der Waals surface area contributed by atoms with Crippen LogP contribution in [0.3, 0.4) is 0 Å². The summed E-state index contributed by atoms with van der Waals surface area (Å²) in [5.74, 6) is 1.41. The number of thioether (sulfide) groups is 1. The van der Waals surface area contributed by atoms with E-state index in [4.69, 9.17) is 0 Å². The van der Waals surface area contributed by atoms with Gasteiger partial charge < -0.3 is 5.32 Å². The van der Waals surface area contributed by atoms with E-state index >= 15 is 0 Å². The Labute approximate surface area is 98.8 Å². The van der Waals surface area contributed by atoms with Crippen LogP contribution in [0.25, 0.3) is 0 Å². The Balaban J connectivity index is 1.47. The Morgan fingerprint density at radius 1 is 1.00 bits per heavy atom. The van der Waals surface area contributed by atoms with E-state index in [1.54, 1.807) is 0 Å². The van der Waals surface area contributed by atoms with Crippen molar-refractivity contribution in [2.45, 2.75) is 69.1 Å². The van der Waals surface area contributed by atoms with Crippen LogP contribution in [0.5, 0.6) is 0 Å². The van der Waals surface area contributed by atoms with Crippen molar-refractivity contribution in [3.8, 4) is 0 Å². The molecule has 1 nitrogen and oxygen atoms in total. The molecule has 2 heteroatoms. The van der Waals surface area contributed by atoms with Crippen molar-refractivity contribution in [3.63, 3.8) is 0 Å². The van der Waals surface area contributed by atoms with Crippen LogP contribution in [-0.2, 0) is 0 Å². The average Bonchev–Trinajstić information content (AvgIpc) is 2.79. The van der Waals surface area contributed by atoms with Crippen molar-refractivity contribution in [2.75, 3.05) is 12.3 Å². The first kappa shape index (κ1) is 11.8. The van der Waals surface area contributed by atoms with Crippen LogP contribution in [-0.4, -0.2) is 23.6 Å². The number of hydrogen-bond acceptors (Lipinski definition) is 2. The largest absolute Gasteiger partial charge is 0.314 e.